The third-order valence-corrected chi connectivity index (χ3v) is 6.11. The van der Waals surface area contributed by atoms with Gasteiger partial charge in [0.1, 0.15) is 0 Å². The predicted molar refractivity (Wildman–Crippen MR) is 108 cm³/mol. The molecule has 0 saturated heterocycles. The molecule has 2 aromatic rings. The van der Waals surface area contributed by atoms with Crippen LogP contribution in [0.2, 0.25) is 0 Å². The molecule has 0 N–H and O–H groups in total. The highest BCUT2D eigenvalue weighted by Gasteiger charge is 2.51. The Kier molecular flexibility index (Phi) is 6.70. The van der Waals surface area contributed by atoms with Crippen molar-refractivity contribution in [1.29, 1.82) is 0 Å². The van der Waals surface area contributed by atoms with E-state index in [1.54, 1.807) is 18.2 Å². The number of amides is 2. The molecule has 0 saturated carbocycles. The number of hydrogen-bond acceptors (Lipinski definition) is 5. The first kappa shape index (κ1) is 23.2. The van der Waals surface area contributed by atoms with Crippen molar-refractivity contribution in [2.45, 2.75) is 57.4 Å². The van der Waals surface area contributed by atoms with Gasteiger partial charge in [0.25, 0.3) is 11.8 Å². The van der Waals surface area contributed by atoms with Gasteiger partial charge in [-0.25, -0.2) is 0 Å². The van der Waals surface area contributed by atoms with Gasteiger partial charge in [0, 0.05) is 5.39 Å². The fraction of sp³-hybridized carbons (Fsp3) is 0.429. The van der Waals surface area contributed by atoms with Crippen LogP contribution in [0.1, 0.15) is 71.7 Å². The van der Waals surface area contributed by atoms with Gasteiger partial charge in [-0.2, -0.15) is 21.6 Å². The number of halogens is 3. The van der Waals surface area contributed by atoms with Crippen molar-refractivity contribution in [2.75, 3.05) is 0 Å². The molecule has 0 spiro atoms. The molecule has 0 fully saturated rings. The van der Waals surface area contributed by atoms with E-state index in [9.17, 15) is 31.2 Å². The number of carbonyl (C=O) groups excluding carboxylic acids is 2. The van der Waals surface area contributed by atoms with E-state index in [2.05, 4.69) is 11.2 Å². The molecule has 1 aliphatic rings. The van der Waals surface area contributed by atoms with Crippen molar-refractivity contribution in [3.63, 3.8) is 0 Å². The Hall–Kier alpha value is -2.46. The zero-order valence-electron chi connectivity index (χ0n) is 16.9. The smallest absolute Gasteiger partial charge is 0.266 e. The molecule has 1 aliphatic heterocycles. The molecule has 0 aromatic heterocycles. The average molecular weight is 457 g/mol. The van der Waals surface area contributed by atoms with Gasteiger partial charge in [-0.3, -0.25) is 9.59 Å². The number of aryl methyl sites for hydroxylation is 1. The van der Waals surface area contributed by atoms with Gasteiger partial charge < -0.3 is 0 Å². The fourth-order valence-electron chi connectivity index (χ4n) is 3.66. The maximum Gasteiger partial charge on any atom is 0.525 e. The molecule has 1 heterocycles. The van der Waals surface area contributed by atoms with Gasteiger partial charge in [-0.05, 0) is 29.9 Å². The van der Waals surface area contributed by atoms with Crippen LogP contribution in [-0.4, -0.2) is 30.8 Å². The number of benzene rings is 2. The van der Waals surface area contributed by atoms with E-state index in [0.717, 1.165) is 38.5 Å². The molecule has 0 bridgehead atoms. The van der Waals surface area contributed by atoms with Crippen molar-refractivity contribution >= 4 is 32.7 Å². The second-order valence-corrected chi connectivity index (χ2v) is 8.92. The maximum atomic E-state index is 13.0. The van der Waals surface area contributed by atoms with Crippen molar-refractivity contribution in [2.24, 2.45) is 0 Å². The van der Waals surface area contributed by atoms with Gasteiger partial charge in [0.15, 0.2) is 0 Å². The van der Waals surface area contributed by atoms with Gasteiger partial charge in [-0.15, -0.1) is 9.35 Å². The molecule has 31 heavy (non-hydrogen) atoms. The van der Waals surface area contributed by atoms with Crippen LogP contribution >= 0.6 is 0 Å². The molecule has 6 nitrogen and oxygen atoms in total. The molecule has 2 amide bonds. The highest BCUT2D eigenvalue weighted by molar-refractivity contribution is 7.87. The largest absolute Gasteiger partial charge is 0.525 e. The Bertz CT molecular complexity index is 1110. The summed E-state index contributed by atoms with van der Waals surface area (Å²) in [6, 6.07) is 7.90. The number of nitrogens with zero attached hydrogens (tertiary/aromatic N) is 1. The van der Waals surface area contributed by atoms with E-state index < -0.39 is 27.4 Å². The molecule has 10 heteroatoms. The molecule has 3 rings (SSSR count). The Morgan fingerprint density at radius 2 is 1.61 bits per heavy atom. The van der Waals surface area contributed by atoms with E-state index in [-0.39, 0.29) is 16.2 Å². The van der Waals surface area contributed by atoms with E-state index >= 15 is 0 Å². The first-order chi connectivity index (χ1) is 14.6. The molecular weight excluding hydrogens is 435 g/mol. The summed E-state index contributed by atoms with van der Waals surface area (Å²) in [6.45, 7) is 2.11. The second-order valence-electron chi connectivity index (χ2n) is 7.40. The summed E-state index contributed by atoms with van der Waals surface area (Å²) in [4.78, 5) is 25.6. The number of imide groups is 1. The number of alkyl halides is 3. The summed E-state index contributed by atoms with van der Waals surface area (Å²) < 4.78 is 65.2. The Labute approximate surface area is 178 Å². The highest BCUT2D eigenvalue weighted by Crippen LogP contribution is 2.35. The van der Waals surface area contributed by atoms with Crippen molar-refractivity contribution in [1.82, 2.24) is 5.06 Å². The number of unbranched alkanes of at least 4 members (excludes halogenated alkanes) is 5. The van der Waals surface area contributed by atoms with E-state index in [0.29, 0.717) is 22.8 Å². The minimum Gasteiger partial charge on any atom is -0.266 e. The maximum absolute atomic E-state index is 13.0. The standard InChI is InChI=1S/C21H22F3NO5S/c1-2-3-4-5-6-7-9-15-13-12-14-10-8-11-16-17(14)18(15)20(27)25(19(16)26)30-31(28,29)21(22,23)24/h8,10-13H,2-7,9H2,1H3. The summed E-state index contributed by atoms with van der Waals surface area (Å²) in [6.07, 6.45) is 6.47. The lowest BCUT2D eigenvalue weighted by atomic mass is 9.89. The molecular formula is C21H22F3NO5S. The Balaban J connectivity index is 1.96. The normalized spacial score (nSPS) is 14.5. The molecule has 2 aromatic carbocycles. The number of rotatable bonds is 9. The summed E-state index contributed by atoms with van der Waals surface area (Å²) in [5.74, 6) is -2.48. The minimum atomic E-state index is -6.19. The molecule has 0 aliphatic carbocycles. The Morgan fingerprint density at radius 3 is 2.29 bits per heavy atom. The van der Waals surface area contributed by atoms with Crippen molar-refractivity contribution < 1.29 is 35.5 Å². The van der Waals surface area contributed by atoms with Crippen LogP contribution in [-0.2, 0) is 20.8 Å². The third kappa shape index (κ3) is 4.59. The van der Waals surface area contributed by atoms with Crippen LogP contribution in [0, 0.1) is 0 Å². The van der Waals surface area contributed by atoms with Gasteiger partial charge in [-0.1, -0.05) is 63.3 Å². The van der Waals surface area contributed by atoms with Crippen LogP contribution < -0.4 is 0 Å². The number of hydrogen-bond donors (Lipinski definition) is 0. The lowest BCUT2D eigenvalue weighted by Crippen LogP contribution is -2.44. The zero-order valence-corrected chi connectivity index (χ0v) is 17.7. The monoisotopic (exact) mass is 457 g/mol. The SMILES string of the molecule is CCCCCCCCc1ccc2cccc3c2c1C(=O)N(OS(=O)(=O)C(F)(F)F)C3=O. The fourth-order valence-corrected chi connectivity index (χ4v) is 4.08. The van der Waals surface area contributed by atoms with Crippen LogP contribution in [0.15, 0.2) is 30.3 Å². The topological polar surface area (TPSA) is 80.8 Å². The molecule has 0 radical (unpaired) electrons. The quantitative estimate of drug-likeness (QED) is 0.297. The highest BCUT2D eigenvalue weighted by atomic mass is 32.2. The molecule has 0 unspecified atom stereocenters. The number of carbonyl (C=O) groups is 2. The summed E-state index contributed by atoms with van der Waals surface area (Å²) in [5, 5.41) is 0.550. The first-order valence-electron chi connectivity index (χ1n) is 10.0. The van der Waals surface area contributed by atoms with Gasteiger partial charge in [0.05, 0.1) is 11.1 Å². The molecule has 168 valence electrons. The first-order valence-corrected chi connectivity index (χ1v) is 11.4. The van der Waals surface area contributed by atoms with E-state index in [1.807, 2.05) is 0 Å². The van der Waals surface area contributed by atoms with Crippen LogP contribution in [0.25, 0.3) is 10.8 Å². The lowest BCUT2D eigenvalue weighted by molar-refractivity contribution is -0.0761. The van der Waals surface area contributed by atoms with E-state index in [1.165, 1.54) is 12.1 Å². The zero-order chi connectivity index (χ0) is 22.8. The molecule has 0 atom stereocenters. The summed E-state index contributed by atoms with van der Waals surface area (Å²) in [5.41, 5.74) is -5.34. The Morgan fingerprint density at radius 1 is 0.935 bits per heavy atom. The summed E-state index contributed by atoms with van der Waals surface area (Å²) in [7, 11) is -6.19. The lowest BCUT2D eigenvalue weighted by Gasteiger charge is -2.27. The van der Waals surface area contributed by atoms with Gasteiger partial charge >= 0.3 is 15.6 Å². The minimum absolute atomic E-state index is 0.00127. The van der Waals surface area contributed by atoms with Gasteiger partial charge in [0.2, 0.25) is 0 Å². The van der Waals surface area contributed by atoms with Crippen LogP contribution in [0.3, 0.4) is 0 Å². The average Bonchev–Trinajstić information content (AvgIpc) is 2.71. The van der Waals surface area contributed by atoms with Crippen LogP contribution in [0.5, 0.6) is 0 Å². The third-order valence-electron chi connectivity index (χ3n) is 5.20. The number of hydroxylamine groups is 2. The van der Waals surface area contributed by atoms with Crippen molar-refractivity contribution in [3.8, 4) is 0 Å². The van der Waals surface area contributed by atoms with E-state index in [4.69, 9.17) is 0 Å². The van der Waals surface area contributed by atoms with Crippen LogP contribution in [0.4, 0.5) is 13.2 Å². The van der Waals surface area contributed by atoms with Crippen molar-refractivity contribution in [3.05, 3.63) is 47.0 Å². The predicted octanol–water partition coefficient (Wildman–Crippen LogP) is 5.12. The second kappa shape index (κ2) is 8.96. The summed E-state index contributed by atoms with van der Waals surface area (Å²) >= 11 is 0.